The van der Waals surface area contributed by atoms with Crippen LogP contribution in [0.5, 0.6) is 0 Å². The third-order valence-corrected chi connectivity index (χ3v) is 1.95. The molecule has 0 radical (unpaired) electrons. The van der Waals surface area contributed by atoms with Crippen molar-refractivity contribution in [3.8, 4) is 0 Å². The number of rotatable bonds is 1. The monoisotopic (exact) mass is 267 g/mol. The fraction of sp³-hybridized carbons (Fsp3) is 0.143. The number of hydrogen-bond acceptors (Lipinski definition) is 2. The molecule has 10 heavy (non-hydrogen) atoms. The SMILES string of the molecule is CSc1ccccc1N.I. The van der Waals surface area contributed by atoms with E-state index in [0.29, 0.717) is 0 Å². The number of thioether (sulfide) groups is 1. The third kappa shape index (κ3) is 2.38. The normalized spacial score (nSPS) is 8.50. The molecule has 0 aliphatic rings. The zero-order valence-electron chi connectivity index (χ0n) is 5.70. The van der Waals surface area contributed by atoms with Crippen LogP contribution >= 0.6 is 35.7 Å². The molecule has 0 spiro atoms. The van der Waals surface area contributed by atoms with Crippen LogP contribution in [0.3, 0.4) is 0 Å². The Labute approximate surface area is 82.4 Å². The summed E-state index contributed by atoms with van der Waals surface area (Å²) in [5.74, 6) is 0. The molecule has 0 bridgehead atoms. The summed E-state index contributed by atoms with van der Waals surface area (Å²) in [6, 6.07) is 7.85. The van der Waals surface area contributed by atoms with Crippen molar-refractivity contribution in [3.63, 3.8) is 0 Å². The van der Waals surface area contributed by atoms with Crippen molar-refractivity contribution in [1.82, 2.24) is 0 Å². The van der Waals surface area contributed by atoms with Gasteiger partial charge in [0.25, 0.3) is 0 Å². The Kier molecular flexibility index (Phi) is 4.89. The van der Waals surface area contributed by atoms with Crippen molar-refractivity contribution >= 4 is 41.4 Å². The Morgan fingerprint density at radius 1 is 1.30 bits per heavy atom. The number of halogens is 1. The highest BCUT2D eigenvalue weighted by Crippen LogP contribution is 2.20. The number of para-hydroxylation sites is 1. The lowest BCUT2D eigenvalue weighted by molar-refractivity contribution is 1.47. The Morgan fingerprint density at radius 2 is 1.90 bits per heavy atom. The molecule has 1 nitrogen and oxygen atoms in total. The molecule has 0 fully saturated rings. The lowest BCUT2D eigenvalue weighted by Gasteiger charge is -1.97. The van der Waals surface area contributed by atoms with Gasteiger partial charge in [-0.05, 0) is 18.4 Å². The minimum absolute atomic E-state index is 0. The molecule has 3 heteroatoms. The summed E-state index contributed by atoms with van der Waals surface area (Å²) >= 11 is 1.67. The van der Waals surface area contributed by atoms with Gasteiger partial charge in [0, 0.05) is 10.6 Å². The summed E-state index contributed by atoms with van der Waals surface area (Å²) in [7, 11) is 0. The molecule has 2 N–H and O–H groups in total. The van der Waals surface area contributed by atoms with Gasteiger partial charge in [0.05, 0.1) is 0 Å². The van der Waals surface area contributed by atoms with E-state index in [2.05, 4.69) is 0 Å². The molecule has 0 unspecified atom stereocenters. The summed E-state index contributed by atoms with van der Waals surface area (Å²) in [5, 5.41) is 0. The van der Waals surface area contributed by atoms with Gasteiger partial charge in [0.15, 0.2) is 0 Å². The summed E-state index contributed by atoms with van der Waals surface area (Å²) in [4.78, 5) is 1.15. The Bertz CT molecular complexity index is 203. The van der Waals surface area contributed by atoms with Crippen molar-refractivity contribution < 1.29 is 0 Å². The van der Waals surface area contributed by atoms with Gasteiger partial charge in [-0.25, -0.2) is 0 Å². The third-order valence-electron chi connectivity index (χ3n) is 1.14. The van der Waals surface area contributed by atoms with Crippen LogP contribution in [0.1, 0.15) is 0 Å². The molecular formula is C7H10INS. The van der Waals surface area contributed by atoms with Gasteiger partial charge in [-0.3, -0.25) is 0 Å². The molecule has 1 aromatic rings. The molecule has 0 atom stereocenters. The van der Waals surface area contributed by atoms with Gasteiger partial charge in [-0.2, -0.15) is 0 Å². The van der Waals surface area contributed by atoms with E-state index >= 15 is 0 Å². The van der Waals surface area contributed by atoms with Crippen LogP contribution in [-0.4, -0.2) is 6.26 Å². The number of nitrogens with two attached hydrogens (primary N) is 1. The number of nitrogen functional groups attached to an aromatic ring is 1. The molecule has 1 rings (SSSR count). The summed E-state index contributed by atoms with van der Waals surface area (Å²) in [6.45, 7) is 0. The van der Waals surface area contributed by atoms with E-state index in [1.165, 1.54) is 0 Å². The van der Waals surface area contributed by atoms with Gasteiger partial charge in [0.2, 0.25) is 0 Å². The van der Waals surface area contributed by atoms with E-state index in [1.807, 2.05) is 30.5 Å². The Morgan fingerprint density at radius 3 is 2.30 bits per heavy atom. The average Bonchev–Trinajstić information content (AvgIpc) is 1.89. The fourth-order valence-corrected chi connectivity index (χ4v) is 1.18. The van der Waals surface area contributed by atoms with E-state index < -0.39 is 0 Å². The minimum atomic E-state index is 0. The number of hydrogen-bond donors (Lipinski definition) is 1. The predicted molar refractivity (Wildman–Crippen MR) is 58.1 cm³/mol. The number of benzene rings is 1. The molecule has 0 aliphatic heterocycles. The van der Waals surface area contributed by atoms with Crippen LogP contribution in [0.2, 0.25) is 0 Å². The maximum Gasteiger partial charge on any atom is 0.0452 e. The zero-order valence-corrected chi connectivity index (χ0v) is 8.85. The van der Waals surface area contributed by atoms with Crippen molar-refractivity contribution in [2.24, 2.45) is 0 Å². The molecule has 0 saturated heterocycles. The molecule has 1 aromatic carbocycles. The van der Waals surface area contributed by atoms with Gasteiger partial charge < -0.3 is 5.73 Å². The number of anilines is 1. The van der Waals surface area contributed by atoms with E-state index in [-0.39, 0.29) is 24.0 Å². The molecule has 0 aliphatic carbocycles. The summed E-state index contributed by atoms with van der Waals surface area (Å²) < 4.78 is 0. The van der Waals surface area contributed by atoms with E-state index in [0.717, 1.165) is 10.6 Å². The van der Waals surface area contributed by atoms with Crippen LogP contribution in [0.4, 0.5) is 5.69 Å². The quantitative estimate of drug-likeness (QED) is 0.481. The summed E-state index contributed by atoms with van der Waals surface area (Å²) in [6.07, 6.45) is 2.02. The van der Waals surface area contributed by atoms with E-state index in [1.54, 1.807) is 11.8 Å². The zero-order chi connectivity index (χ0) is 6.69. The van der Waals surface area contributed by atoms with Gasteiger partial charge in [-0.15, -0.1) is 35.7 Å². The first kappa shape index (κ1) is 10.1. The first-order valence-corrected chi connectivity index (χ1v) is 3.95. The second-order valence-corrected chi connectivity index (χ2v) is 2.59. The highest BCUT2D eigenvalue weighted by atomic mass is 127. The van der Waals surface area contributed by atoms with Gasteiger partial charge in [-0.1, -0.05) is 12.1 Å². The van der Waals surface area contributed by atoms with Crippen LogP contribution < -0.4 is 5.73 Å². The minimum Gasteiger partial charge on any atom is -0.398 e. The second kappa shape index (κ2) is 4.85. The lowest BCUT2D eigenvalue weighted by atomic mass is 10.3. The molecule has 0 heterocycles. The van der Waals surface area contributed by atoms with Crippen molar-refractivity contribution in [1.29, 1.82) is 0 Å². The molecule has 0 saturated carbocycles. The Balaban J connectivity index is 0.000000810. The van der Waals surface area contributed by atoms with Crippen LogP contribution in [0.15, 0.2) is 29.2 Å². The van der Waals surface area contributed by atoms with Crippen molar-refractivity contribution in [2.45, 2.75) is 4.90 Å². The van der Waals surface area contributed by atoms with Crippen LogP contribution in [-0.2, 0) is 0 Å². The average molecular weight is 267 g/mol. The highest BCUT2D eigenvalue weighted by molar-refractivity contribution is 14.0. The molecule has 56 valence electrons. The van der Waals surface area contributed by atoms with Crippen molar-refractivity contribution in [3.05, 3.63) is 24.3 Å². The molecule has 0 amide bonds. The van der Waals surface area contributed by atoms with E-state index in [9.17, 15) is 0 Å². The summed E-state index contributed by atoms with van der Waals surface area (Å²) in [5.41, 5.74) is 6.48. The predicted octanol–water partition coefficient (Wildman–Crippen LogP) is 2.61. The topological polar surface area (TPSA) is 26.0 Å². The van der Waals surface area contributed by atoms with Crippen molar-refractivity contribution in [2.75, 3.05) is 12.0 Å². The maximum atomic E-state index is 5.61. The van der Waals surface area contributed by atoms with Gasteiger partial charge >= 0.3 is 0 Å². The molecular weight excluding hydrogens is 257 g/mol. The van der Waals surface area contributed by atoms with E-state index in [4.69, 9.17) is 5.73 Å². The largest absolute Gasteiger partial charge is 0.398 e. The second-order valence-electron chi connectivity index (χ2n) is 1.74. The van der Waals surface area contributed by atoms with Crippen LogP contribution in [0, 0.1) is 0 Å². The van der Waals surface area contributed by atoms with Gasteiger partial charge in [0.1, 0.15) is 0 Å². The maximum absolute atomic E-state index is 5.61. The first-order chi connectivity index (χ1) is 4.34. The highest BCUT2D eigenvalue weighted by Gasteiger charge is 1.91. The fourth-order valence-electron chi connectivity index (χ4n) is 0.666. The standard InChI is InChI=1S/C7H9NS.HI/c1-9-7-5-3-2-4-6(7)8;/h2-5H,8H2,1H3;1H. The van der Waals surface area contributed by atoms with Crippen LogP contribution in [0.25, 0.3) is 0 Å². The smallest absolute Gasteiger partial charge is 0.0452 e. The first-order valence-electron chi connectivity index (χ1n) is 2.73. The molecule has 0 aromatic heterocycles. The lowest BCUT2D eigenvalue weighted by Crippen LogP contribution is -1.85. The Hall–Kier alpha value is 0.1000.